The summed E-state index contributed by atoms with van der Waals surface area (Å²) in [6, 6.07) is 18.5. The number of benzene rings is 2. The lowest BCUT2D eigenvalue weighted by molar-refractivity contribution is -0.118. The summed E-state index contributed by atoms with van der Waals surface area (Å²) < 4.78 is 16.6. The van der Waals surface area contributed by atoms with E-state index in [4.69, 9.17) is 13.6 Å². The largest absolute Gasteiger partial charge is 0.484 e. The Hall–Kier alpha value is -3.87. The Bertz CT molecular complexity index is 1180. The van der Waals surface area contributed by atoms with Crippen LogP contribution >= 0.6 is 0 Å². The van der Waals surface area contributed by atoms with Gasteiger partial charge in [0.1, 0.15) is 5.75 Å². The number of nitrogens with zero attached hydrogens (tertiary/aromatic N) is 2. The van der Waals surface area contributed by atoms with Gasteiger partial charge in [-0.2, -0.15) is 0 Å². The maximum atomic E-state index is 12.4. The van der Waals surface area contributed by atoms with E-state index in [2.05, 4.69) is 36.3 Å². The minimum atomic E-state index is -0.262. The number of furan rings is 1. The lowest BCUT2D eigenvalue weighted by Gasteiger charge is -2.23. The molecule has 2 heterocycles. The van der Waals surface area contributed by atoms with Crippen molar-refractivity contribution in [1.82, 2.24) is 10.2 Å². The van der Waals surface area contributed by atoms with Crippen LogP contribution in [0.3, 0.4) is 0 Å². The van der Waals surface area contributed by atoms with Crippen LogP contribution in [0.25, 0.3) is 23.1 Å². The van der Waals surface area contributed by atoms with Crippen LogP contribution in [0.15, 0.2) is 75.8 Å². The van der Waals surface area contributed by atoms with Crippen LogP contribution in [0, 0.1) is 0 Å². The fraction of sp³-hybridized carbons (Fsp3) is 0.240. The highest BCUT2D eigenvalue weighted by atomic mass is 16.5. The SMILES string of the molecule is CCC(C)(C)c1ccc(OCC(=O)Nc2cccc(-c3nnc(-c4ccco4)o3)c2)cc1. The van der Waals surface area contributed by atoms with Crippen LogP contribution in [0.2, 0.25) is 0 Å². The number of aromatic nitrogens is 2. The van der Waals surface area contributed by atoms with Crippen LogP contribution in [-0.4, -0.2) is 22.7 Å². The zero-order valence-corrected chi connectivity index (χ0v) is 18.3. The minimum absolute atomic E-state index is 0.0933. The molecule has 7 nitrogen and oxygen atoms in total. The summed E-state index contributed by atoms with van der Waals surface area (Å²) in [4.78, 5) is 12.4. The molecule has 7 heteroatoms. The third-order valence-electron chi connectivity index (χ3n) is 5.44. The molecule has 0 spiro atoms. The summed E-state index contributed by atoms with van der Waals surface area (Å²) in [5, 5.41) is 10.9. The Morgan fingerprint density at radius 3 is 2.53 bits per heavy atom. The average Bonchev–Trinajstić information content (AvgIpc) is 3.50. The number of carbonyl (C=O) groups is 1. The predicted molar refractivity (Wildman–Crippen MR) is 121 cm³/mol. The van der Waals surface area contributed by atoms with Gasteiger partial charge in [0.2, 0.25) is 5.89 Å². The highest BCUT2D eigenvalue weighted by Crippen LogP contribution is 2.28. The highest BCUT2D eigenvalue weighted by Gasteiger charge is 2.18. The number of anilines is 1. The minimum Gasteiger partial charge on any atom is -0.484 e. The van der Waals surface area contributed by atoms with E-state index in [0.29, 0.717) is 34.5 Å². The molecule has 0 aliphatic heterocycles. The van der Waals surface area contributed by atoms with Crippen molar-refractivity contribution in [3.8, 4) is 28.9 Å². The van der Waals surface area contributed by atoms with E-state index < -0.39 is 0 Å². The molecule has 0 aliphatic rings. The molecule has 2 aromatic carbocycles. The highest BCUT2D eigenvalue weighted by molar-refractivity contribution is 5.92. The van der Waals surface area contributed by atoms with Gasteiger partial charge in [0.25, 0.3) is 11.8 Å². The molecule has 0 atom stereocenters. The Kier molecular flexibility index (Phi) is 6.07. The lowest BCUT2D eigenvalue weighted by Crippen LogP contribution is -2.20. The van der Waals surface area contributed by atoms with Crippen molar-refractivity contribution >= 4 is 11.6 Å². The van der Waals surface area contributed by atoms with E-state index >= 15 is 0 Å². The van der Waals surface area contributed by atoms with E-state index in [1.54, 1.807) is 30.3 Å². The van der Waals surface area contributed by atoms with E-state index in [9.17, 15) is 4.79 Å². The molecule has 1 N–H and O–H groups in total. The molecule has 4 rings (SSSR count). The summed E-state index contributed by atoms with van der Waals surface area (Å²) in [7, 11) is 0. The summed E-state index contributed by atoms with van der Waals surface area (Å²) >= 11 is 0. The summed E-state index contributed by atoms with van der Waals surface area (Å²) in [6.45, 7) is 6.48. The first-order chi connectivity index (χ1) is 15.4. The van der Waals surface area contributed by atoms with Crippen molar-refractivity contribution in [1.29, 1.82) is 0 Å². The third-order valence-corrected chi connectivity index (χ3v) is 5.44. The van der Waals surface area contributed by atoms with Gasteiger partial charge in [0, 0.05) is 11.3 Å². The van der Waals surface area contributed by atoms with Crippen LogP contribution < -0.4 is 10.1 Å². The van der Waals surface area contributed by atoms with Crippen molar-refractivity contribution in [3.05, 3.63) is 72.5 Å². The smallest absolute Gasteiger partial charge is 0.283 e. The predicted octanol–water partition coefficient (Wildman–Crippen LogP) is 5.70. The standard InChI is InChI=1S/C25H25N3O4/c1-4-25(2,3)18-10-12-20(13-11-18)31-16-22(29)26-19-8-5-7-17(15-19)23-27-28-24(32-23)21-9-6-14-30-21/h5-15H,4,16H2,1-3H3,(H,26,29). The van der Waals surface area contributed by atoms with E-state index in [0.717, 1.165) is 6.42 Å². The zero-order valence-electron chi connectivity index (χ0n) is 18.3. The molecule has 164 valence electrons. The summed E-state index contributed by atoms with van der Waals surface area (Å²) in [5.41, 5.74) is 2.64. The second-order valence-corrected chi connectivity index (χ2v) is 8.07. The van der Waals surface area contributed by atoms with E-state index in [-0.39, 0.29) is 17.9 Å². The molecule has 1 amide bonds. The van der Waals surface area contributed by atoms with Gasteiger partial charge in [-0.25, -0.2) is 0 Å². The Labute approximate surface area is 186 Å². The van der Waals surface area contributed by atoms with Crippen LogP contribution in [0.5, 0.6) is 5.75 Å². The normalized spacial score (nSPS) is 11.3. The number of nitrogens with one attached hydrogen (secondary N) is 1. The molecule has 4 aromatic rings. The number of ether oxygens (including phenoxy) is 1. The van der Waals surface area contributed by atoms with Crippen molar-refractivity contribution in [3.63, 3.8) is 0 Å². The number of hydrogen-bond donors (Lipinski definition) is 1. The summed E-state index contributed by atoms with van der Waals surface area (Å²) in [5.74, 6) is 1.51. The van der Waals surface area contributed by atoms with Crippen LogP contribution in [0.4, 0.5) is 5.69 Å². The van der Waals surface area contributed by atoms with Crippen molar-refractivity contribution in [2.24, 2.45) is 0 Å². The molecule has 0 bridgehead atoms. The maximum absolute atomic E-state index is 12.4. The zero-order chi connectivity index (χ0) is 22.6. The fourth-order valence-corrected chi connectivity index (χ4v) is 3.12. The molecule has 32 heavy (non-hydrogen) atoms. The summed E-state index contributed by atoms with van der Waals surface area (Å²) in [6.07, 6.45) is 2.58. The van der Waals surface area contributed by atoms with Gasteiger partial charge in [-0.15, -0.1) is 10.2 Å². The van der Waals surface area contributed by atoms with Gasteiger partial charge in [-0.05, 0) is 59.9 Å². The second-order valence-electron chi connectivity index (χ2n) is 8.07. The number of carbonyl (C=O) groups excluding carboxylic acids is 1. The van der Waals surface area contributed by atoms with Crippen LogP contribution in [-0.2, 0) is 10.2 Å². The van der Waals surface area contributed by atoms with Gasteiger partial charge in [0.05, 0.1) is 6.26 Å². The molecule has 0 saturated carbocycles. The Morgan fingerprint density at radius 1 is 1.03 bits per heavy atom. The van der Waals surface area contributed by atoms with Gasteiger partial charge in [-0.3, -0.25) is 4.79 Å². The maximum Gasteiger partial charge on any atom is 0.283 e. The molecular weight excluding hydrogens is 406 g/mol. The average molecular weight is 431 g/mol. The quantitative estimate of drug-likeness (QED) is 0.385. The Morgan fingerprint density at radius 2 is 1.81 bits per heavy atom. The van der Waals surface area contributed by atoms with Gasteiger partial charge in [-0.1, -0.05) is 39.0 Å². The number of rotatable bonds is 8. The Balaban J connectivity index is 1.36. The number of amides is 1. The fourth-order valence-electron chi connectivity index (χ4n) is 3.12. The van der Waals surface area contributed by atoms with Gasteiger partial charge >= 0.3 is 0 Å². The molecule has 0 aliphatic carbocycles. The topological polar surface area (TPSA) is 90.4 Å². The van der Waals surface area contributed by atoms with Crippen molar-refractivity contribution in [2.45, 2.75) is 32.6 Å². The monoisotopic (exact) mass is 431 g/mol. The van der Waals surface area contributed by atoms with Gasteiger partial charge < -0.3 is 18.9 Å². The first-order valence-electron chi connectivity index (χ1n) is 10.5. The third kappa shape index (κ3) is 4.88. The van der Waals surface area contributed by atoms with Crippen LogP contribution in [0.1, 0.15) is 32.8 Å². The van der Waals surface area contributed by atoms with E-state index in [1.165, 1.54) is 11.8 Å². The van der Waals surface area contributed by atoms with Crippen molar-refractivity contribution in [2.75, 3.05) is 11.9 Å². The first kappa shape index (κ1) is 21.4. The number of hydrogen-bond acceptors (Lipinski definition) is 6. The molecule has 0 unspecified atom stereocenters. The lowest BCUT2D eigenvalue weighted by atomic mass is 9.82. The molecule has 2 aromatic heterocycles. The first-order valence-corrected chi connectivity index (χ1v) is 10.5. The molecule has 0 radical (unpaired) electrons. The molecular formula is C25H25N3O4. The van der Waals surface area contributed by atoms with Crippen molar-refractivity contribution < 1.29 is 18.4 Å². The van der Waals surface area contributed by atoms with E-state index in [1.807, 2.05) is 30.3 Å². The molecule has 0 saturated heterocycles. The second kappa shape index (κ2) is 9.09. The van der Waals surface area contributed by atoms with Gasteiger partial charge in [0.15, 0.2) is 12.4 Å². The molecule has 0 fully saturated rings.